The van der Waals surface area contributed by atoms with Crippen molar-refractivity contribution in [3.63, 3.8) is 0 Å². The van der Waals surface area contributed by atoms with Crippen LogP contribution in [0.3, 0.4) is 0 Å². The third kappa shape index (κ3) is 4.57. The van der Waals surface area contributed by atoms with Crippen molar-refractivity contribution >= 4 is 32.6 Å². The first kappa shape index (κ1) is 22.1. The number of rotatable bonds is 9. The molecule has 7 heteroatoms. The average Bonchev–Trinajstić information content (AvgIpc) is 3.21. The molecule has 0 fully saturated rings. The predicted octanol–water partition coefficient (Wildman–Crippen LogP) is 4.61. The number of para-hydroxylation sites is 1. The maximum atomic E-state index is 13.5. The highest BCUT2D eigenvalue weighted by Crippen LogP contribution is 2.33. The molecule has 0 atom stereocenters. The van der Waals surface area contributed by atoms with Crippen molar-refractivity contribution in [3.8, 4) is 11.5 Å². The predicted molar refractivity (Wildman–Crippen MR) is 123 cm³/mol. The van der Waals surface area contributed by atoms with Gasteiger partial charge in [-0.25, -0.2) is 4.98 Å². The van der Waals surface area contributed by atoms with Gasteiger partial charge in [0.2, 0.25) is 0 Å². The van der Waals surface area contributed by atoms with Crippen LogP contribution in [0.25, 0.3) is 10.2 Å². The summed E-state index contributed by atoms with van der Waals surface area (Å²) in [6.45, 7) is 9.52. The standard InChI is InChI=1S/C23H29N3O3S/c1-6-25(7-2)13-14-26(23-24-21-16(3)9-8-10-20(21)30-23)22(27)17-11-12-18(28-4)19(15-17)29-5/h8-12,15H,6-7,13-14H2,1-5H3. The highest BCUT2D eigenvalue weighted by atomic mass is 32.1. The Morgan fingerprint density at radius 1 is 1.03 bits per heavy atom. The van der Waals surface area contributed by atoms with Crippen LogP contribution < -0.4 is 14.4 Å². The van der Waals surface area contributed by atoms with Gasteiger partial charge < -0.3 is 14.4 Å². The molecule has 0 aliphatic heterocycles. The molecule has 0 bridgehead atoms. The van der Waals surface area contributed by atoms with Gasteiger partial charge >= 0.3 is 0 Å². The van der Waals surface area contributed by atoms with Crippen molar-refractivity contribution in [1.82, 2.24) is 9.88 Å². The molecule has 1 amide bonds. The smallest absolute Gasteiger partial charge is 0.260 e. The molecule has 3 aromatic rings. The number of methoxy groups -OCH3 is 2. The first-order valence-electron chi connectivity index (χ1n) is 10.1. The Kier molecular flexibility index (Phi) is 7.29. The topological polar surface area (TPSA) is 54.9 Å². The van der Waals surface area contributed by atoms with Crippen LogP contribution in [0.2, 0.25) is 0 Å². The lowest BCUT2D eigenvalue weighted by Crippen LogP contribution is -2.38. The lowest BCUT2D eigenvalue weighted by Gasteiger charge is -2.25. The van der Waals surface area contributed by atoms with Gasteiger partial charge in [0, 0.05) is 18.7 Å². The minimum absolute atomic E-state index is 0.0974. The van der Waals surface area contributed by atoms with Crippen LogP contribution in [0.1, 0.15) is 29.8 Å². The number of carbonyl (C=O) groups is 1. The molecule has 0 aliphatic carbocycles. The van der Waals surface area contributed by atoms with E-state index in [0.717, 1.165) is 35.4 Å². The SMILES string of the molecule is CCN(CC)CCN(C(=O)c1ccc(OC)c(OC)c1)c1nc2c(C)cccc2s1. The Morgan fingerprint density at radius 2 is 1.77 bits per heavy atom. The Balaban J connectivity index is 1.99. The van der Waals surface area contributed by atoms with Crippen LogP contribution in [0.4, 0.5) is 5.13 Å². The lowest BCUT2D eigenvalue weighted by atomic mass is 10.1. The molecule has 0 unspecified atom stereocenters. The summed E-state index contributed by atoms with van der Waals surface area (Å²) in [4.78, 5) is 22.4. The van der Waals surface area contributed by atoms with E-state index < -0.39 is 0 Å². The van der Waals surface area contributed by atoms with Crippen molar-refractivity contribution in [2.75, 3.05) is 45.3 Å². The van der Waals surface area contributed by atoms with Crippen LogP contribution in [0.5, 0.6) is 11.5 Å². The number of carbonyl (C=O) groups excluding carboxylic acids is 1. The summed E-state index contributed by atoms with van der Waals surface area (Å²) in [5.74, 6) is 1.03. The van der Waals surface area contributed by atoms with E-state index in [1.807, 2.05) is 25.1 Å². The summed E-state index contributed by atoms with van der Waals surface area (Å²) in [6.07, 6.45) is 0. The number of hydrogen-bond acceptors (Lipinski definition) is 6. The molecule has 1 heterocycles. The molecular formula is C23H29N3O3S. The monoisotopic (exact) mass is 427 g/mol. The van der Waals surface area contributed by atoms with E-state index in [4.69, 9.17) is 14.5 Å². The zero-order valence-corrected chi connectivity index (χ0v) is 19.1. The number of thiazole rings is 1. The molecule has 0 saturated carbocycles. The summed E-state index contributed by atoms with van der Waals surface area (Å²) in [5.41, 5.74) is 2.60. The average molecular weight is 428 g/mol. The van der Waals surface area contributed by atoms with E-state index in [1.54, 1.807) is 48.7 Å². The molecule has 0 spiro atoms. The van der Waals surface area contributed by atoms with E-state index in [-0.39, 0.29) is 5.91 Å². The second-order valence-corrected chi connectivity index (χ2v) is 7.98. The number of aromatic nitrogens is 1. The molecule has 30 heavy (non-hydrogen) atoms. The fourth-order valence-corrected chi connectivity index (χ4v) is 4.45. The van der Waals surface area contributed by atoms with Gasteiger partial charge in [-0.1, -0.05) is 37.3 Å². The Hall–Kier alpha value is -2.64. The fourth-order valence-electron chi connectivity index (χ4n) is 3.38. The first-order chi connectivity index (χ1) is 14.5. The van der Waals surface area contributed by atoms with Gasteiger partial charge in [0.25, 0.3) is 5.91 Å². The molecule has 3 rings (SSSR count). The molecule has 1 aromatic heterocycles. The van der Waals surface area contributed by atoms with Gasteiger partial charge in [-0.05, 0) is 49.8 Å². The number of nitrogens with zero attached hydrogens (tertiary/aromatic N) is 3. The van der Waals surface area contributed by atoms with Crippen LogP contribution in [-0.2, 0) is 0 Å². The Morgan fingerprint density at radius 3 is 2.40 bits per heavy atom. The van der Waals surface area contributed by atoms with Crippen molar-refractivity contribution in [2.24, 2.45) is 0 Å². The zero-order valence-electron chi connectivity index (χ0n) is 18.3. The molecule has 0 radical (unpaired) electrons. The molecule has 160 valence electrons. The number of fused-ring (bicyclic) bond motifs is 1. The van der Waals surface area contributed by atoms with Crippen LogP contribution in [-0.4, -0.2) is 56.2 Å². The quantitative estimate of drug-likeness (QED) is 0.499. The molecule has 6 nitrogen and oxygen atoms in total. The number of benzene rings is 2. The van der Waals surface area contributed by atoms with Gasteiger partial charge in [0.05, 0.1) is 24.4 Å². The van der Waals surface area contributed by atoms with Crippen molar-refractivity contribution in [2.45, 2.75) is 20.8 Å². The fraction of sp³-hybridized carbons (Fsp3) is 0.391. The summed E-state index contributed by atoms with van der Waals surface area (Å²) >= 11 is 1.55. The van der Waals surface area contributed by atoms with Crippen LogP contribution in [0.15, 0.2) is 36.4 Å². The maximum absolute atomic E-state index is 13.5. The molecule has 0 N–H and O–H groups in total. The van der Waals surface area contributed by atoms with Gasteiger partial charge in [-0.15, -0.1) is 0 Å². The summed E-state index contributed by atoms with van der Waals surface area (Å²) in [7, 11) is 3.15. The highest BCUT2D eigenvalue weighted by Gasteiger charge is 2.23. The van der Waals surface area contributed by atoms with E-state index in [9.17, 15) is 4.79 Å². The van der Waals surface area contributed by atoms with Gasteiger partial charge in [-0.2, -0.15) is 0 Å². The minimum atomic E-state index is -0.0974. The second kappa shape index (κ2) is 9.91. The van der Waals surface area contributed by atoms with Crippen LogP contribution >= 0.6 is 11.3 Å². The summed E-state index contributed by atoms with van der Waals surface area (Å²) in [5, 5.41) is 0.714. The number of hydrogen-bond donors (Lipinski definition) is 0. The van der Waals surface area contributed by atoms with E-state index >= 15 is 0 Å². The number of amides is 1. The van der Waals surface area contributed by atoms with Gasteiger partial charge in [0.1, 0.15) is 0 Å². The number of aryl methyl sites for hydroxylation is 1. The van der Waals surface area contributed by atoms with Gasteiger partial charge in [0.15, 0.2) is 16.6 Å². The van der Waals surface area contributed by atoms with Gasteiger partial charge in [-0.3, -0.25) is 9.69 Å². The largest absolute Gasteiger partial charge is 0.493 e. The van der Waals surface area contributed by atoms with Crippen molar-refractivity contribution < 1.29 is 14.3 Å². The molecular weight excluding hydrogens is 398 g/mol. The second-order valence-electron chi connectivity index (χ2n) is 6.97. The number of ether oxygens (including phenoxy) is 2. The first-order valence-corrected chi connectivity index (χ1v) is 11.0. The normalized spacial score (nSPS) is 11.1. The maximum Gasteiger partial charge on any atom is 0.260 e. The number of likely N-dealkylation sites (N-methyl/N-ethyl adjacent to an activating group) is 1. The summed E-state index contributed by atoms with van der Waals surface area (Å²) < 4.78 is 11.8. The van der Waals surface area contributed by atoms with E-state index in [0.29, 0.717) is 28.7 Å². The van der Waals surface area contributed by atoms with E-state index in [1.165, 1.54) is 0 Å². The third-order valence-corrected chi connectivity index (χ3v) is 6.29. The molecule has 2 aromatic carbocycles. The molecule has 0 aliphatic rings. The molecule has 0 saturated heterocycles. The number of anilines is 1. The van der Waals surface area contributed by atoms with Crippen LogP contribution in [0, 0.1) is 6.92 Å². The van der Waals surface area contributed by atoms with Crippen molar-refractivity contribution in [1.29, 1.82) is 0 Å². The third-order valence-electron chi connectivity index (χ3n) is 5.25. The minimum Gasteiger partial charge on any atom is -0.493 e. The van der Waals surface area contributed by atoms with Crippen molar-refractivity contribution in [3.05, 3.63) is 47.5 Å². The Labute approximate surface area is 182 Å². The Bertz CT molecular complexity index is 1010. The lowest BCUT2D eigenvalue weighted by molar-refractivity contribution is 0.0983. The van der Waals surface area contributed by atoms with E-state index in [2.05, 4.69) is 18.7 Å². The zero-order chi connectivity index (χ0) is 21.7. The summed E-state index contributed by atoms with van der Waals surface area (Å²) in [6, 6.07) is 11.4. The highest BCUT2D eigenvalue weighted by molar-refractivity contribution is 7.22.